The average molecular weight is 298 g/mol. The summed E-state index contributed by atoms with van der Waals surface area (Å²) in [5, 5.41) is 11.7. The molecule has 1 saturated carbocycles. The van der Waals surface area contributed by atoms with Gasteiger partial charge in [-0.1, -0.05) is 15.9 Å². The van der Waals surface area contributed by atoms with Crippen LogP contribution in [-0.4, -0.2) is 17.0 Å². The molecule has 2 N–H and O–H groups in total. The van der Waals surface area contributed by atoms with Gasteiger partial charge in [0.15, 0.2) is 0 Å². The summed E-state index contributed by atoms with van der Waals surface area (Å²) in [5.41, 5.74) is 0.454. The lowest BCUT2D eigenvalue weighted by atomic mass is 10.1. The van der Waals surface area contributed by atoms with Crippen LogP contribution in [0.3, 0.4) is 0 Å². The predicted octanol–water partition coefficient (Wildman–Crippen LogP) is 2.89. The minimum atomic E-state index is -1.04. The minimum absolute atomic E-state index is 0.109. The van der Waals surface area contributed by atoms with Crippen LogP contribution in [0, 0.1) is 5.92 Å². The van der Waals surface area contributed by atoms with Gasteiger partial charge < -0.3 is 10.4 Å². The topological polar surface area (TPSA) is 66.4 Å². The quantitative estimate of drug-likeness (QED) is 0.898. The first kappa shape index (κ1) is 12.1. The summed E-state index contributed by atoms with van der Waals surface area (Å²) in [7, 11) is 0. The summed E-state index contributed by atoms with van der Waals surface area (Å²) < 4.78 is 0.740. The van der Waals surface area contributed by atoms with E-state index >= 15 is 0 Å². The second-order valence-corrected chi connectivity index (χ2v) is 5.11. The van der Waals surface area contributed by atoms with Crippen LogP contribution in [0.25, 0.3) is 0 Å². The number of rotatable bonds is 4. The van der Waals surface area contributed by atoms with E-state index in [-0.39, 0.29) is 11.5 Å². The number of carbonyl (C=O) groups excluding carboxylic acids is 1. The zero-order chi connectivity index (χ0) is 12.4. The number of carboxylic acid groups (broad SMARTS) is 1. The molecule has 0 spiro atoms. The van der Waals surface area contributed by atoms with E-state index in [1.54, 1.807) is 12.1 Å². The van der Waals surface area contributed by atoms with Crippen LogP contribution in [-0.2, 0) is 4.79 Å². The molecular formula is C12H12BrNO3. The van der Waals surface area contributed by atoms with E-state index in [0.29, 0.717) is 18.0 Å². The molecule has 1 aliphatic rings. The van der Waals surface area contributed by atoms with Gasteiger partial charge in [0.25, 0.3) is 0 Å². The molecule has 1 fully saturated rings. The lowest BCUT2D eigenvalue weighted by Gasteiger charge is -2.08. The molecule has 0 unspecified atom stereocenters. The van der Waals surface area contributed by atoms with Crippen LogP contribution in [0.1, 0.15) is 29.6 Å². The number of halogens is 1. The van der Waals surface area contributed by atoms with E-state index in [0.717, 1.165) is 17.3 Å². The molecule has 2 rings (SSSR count). The fourth-order valence-corrected chi connectivity index (χ4v) is 1.95. The normalized spacial score (nSPS) is 14.4. The predicted molar refractivity (Wildman–Crippen MR) is 67.1 cm³/mol. The van der Waals surface area contributed by atoms with Gasteiger partial charge in [0, 0.05) is 10.9 Å². The lowest BCUT2D eigenvalue weighted by molar-refractivity contribution is -0.116. The zero-order valence-electron chi connectivity index (χ0n) is 9.07. The maximum atomic E-state index is 11.6. The molecule has 17 heavy (non-hydrogen) atoms. The minimum Gasteiger partial charge on any atom is -0.478 e. The number of carboxylic acids is 1. The van der Waals surface area contributed by atoms with Crippen LogP contribution in [0.2, 0.25) is 0 Å². The van der Waals surface area contributed by atoms with Crippen molar-refractivity contribution in [1.29, 1.82) is 0 Å². The summed E-state index contributed by atoms with van der Waals surface area (Å²) in [6.07, 6.45) is 2.67. The molecule has 0 saturated heterocycles. The third-order valence-electron chi connectivity index (χ3n) is 2.66. The number of aromatic carboxylic acids is 1. The molecule has 5 heteroatoms. The Labute approximate surface area is 107 Å². The van der Waals surface area contributed by atoms with Gasteiger partial charge >= 0.3 is 5.97 Å². The Morgan fingerprint density at radius 3 is 2.71 bits per heavy atom. The molecule has 0 heterocycles. The number of nitrogens with one attached hydrogen (secondary N) is 1. The van der Waals surface area contributed by atoms with Crippen LogP contribution >= 0.6 is 15.9 Å². The first-order valence-electron chi connectivity index (χ1n) is 5.39. The standard InChI is InChI=1S/C12H12BrNO3/c13-8-3-4-9(12(16)17)10(6-8)14-11(15)5-7-1-2-7/h3-4,6-7H,1-2,5H2,(H,14,15)(H,16,17). The van der Waals surface area contributed by atoms with Crippen molar-refractivity contribution in [1.82, 2.24) is 0 Å². The van der Waals surface area contributed by atoms with E-state index in [1.807, 2.05) is 0 Å². The third kappa shape index (κ3) is 3.30. The second-order valence-electron chi connectivity index (χ2n) is 4.19. The number of carbonyl (C=O) groups is 2. The Hall–Kier alpha value is -1.36. The lowest BCUT2D eigenvalue weighted by Crippen LogP contribution is -2.14. The van der Waals surface area contributed by atoms with Crippen molar-refractivity contribution in [3.8, 4) is 0 Å². The summed E-state index contributed by atoms with van der Waals surface area (Å²) in [4.78, 5) is 22.6. The summed E-state index contributed by atoms with van der Waals surface area (Å²) in [6.45, 7) is 0. The van der Waals surface area contributed by atoms with E-state index in [2.05, 4.69) is 21.2 Å². The smallest absolute Gasteiger partial charge is 0.337 e. The first-order valence-corrected chi connectivity index (χ1v) is 6.18. The van der Waals surface area contributed by atoms with Gasteiger partial charge in [0.2, 0.25) is 5.91 Å². The van der Waals surface area contributed by atoms with E-state index < -0.39 is 5.97 Å². The van der Waals surface area contributed by atoms with Crippen molar-refractivity contribution < 1.29 is 14.7 Å². The van der Waals surface area contributed by atoms with Crippen LogP contribution < -0.4 is 5.32 Å². The average Bonchev–Trinajstić information content (AvgIpc) is 3.00. The fraction of sp³-hybridized carbons (Fsp3) is 0.333. The van der Waals surface area contributed by atoms with Crippen molar-refractivity contribution in [2.75, 3.05) is 5.32 Å². The third-order valence-corrected chi connectivity index (χ3v) is 3.15. The Bertz CT molecular complexity index is 469. The molecule has 1 amide bonds. The Morgan fingerprint density at radius 1 is 1.41 bits per heavy atom. The maximum absolute atomic E-state index is 11.6. The van der Waals surface area contributed by atoms with Crippen molar-refractivity contribution in [2.24, 2.45) is 5.92 Å². The molecule has 0 aromatic heterocycles. The number of hydrogen-bond acceptors (Lipinski definition) is 2. The highest BCUT2D eigenvalue weighted by Crippen LogP contribution is 2.32. The summed E-state index contributed by atoms with van der Waals surface area (Å²) >= 11 is 3.25. The highest BCUT2D eigenvalue weighted by molar-refractivity contribution is 9.10. The molecule has 1 aliphatic carbocycles. The van der Waals surface area contributed by atoms with Crippen molar-refractivity contribution in [3.05, 3.63) is 28.2 Å². The molecule has 1 aromatic rings. The molecule has 0 aliphatic heterocycles. The summed E-state index contributed by atoms with van der Waals surface area (Å²) in [5.74, 6) is -0.678. The molecule has 0 atom stereocenters. The van der Waals surface area contributed by atoms with Gasteiger partial charge in [-0.3, -0.25) is 4.79 Å². The molecule has 1 aromatic carbocycles. The Morgan fingerprint density at radius 2 is 2.12 bits per heavy atom. The largest absolute Gasteiger partial charge is 0.478 e. The molecule has 0 bridgehead atoms. The molecule has 90 valence electrons. The number of benzene rings is 1. The zero-order valence-corrected chi connectivity index (χ0v) is 10.7. The number of amides is 1. The highest BCUT2D eigenvalue weighted by atomic mass is 79.9. The fourth-order valence-electron chi connectivity index (χ4n) is 1.59. The molecule has 4 nitrogen and oxygen atoms in total. The van der Waals surface area contributed by atoms with E-state index in [1.165, 1.54) is 6.07 Å². The summed E-state index contributed by atoms with van der Waals surface area (Å²) in [6, 6.07) is 4.72. The van der Waals surface area contributed by atoms with E-state index in [9.17, 15) is 9.59 Å². The maximum Gasteiger partial charge on any atom is 0.337 e. The van der Waals surface area contributed by atoms with Crippen LogP contribution in [0.15, 0.2) is 22.7 Å². The Kier molecular flexibility index (Phi) is 3.47. The first-order chi connectivity index (χ1) is 8.06. The van der Waals surface area contributed by atoms with Crippen molar-refractivity contribution in [3.63, 3.8) is 0 Å². The Balaban J connectivity index is 2.14. The number of hydrogen-bond donors (Lipinski definition) is 2. The van der Waals surface area contributed by atoms with E-state index in [4.69, 9.17) is 5.11 Å². The second kappa shape index (κ2) is 4.87. The molecule has 0 radical (unpaired) electrons. The van der Waals surface area contributed by atoms with Crippen molar-refractivity contribution >= 4 is 33.5 Å². The van der Waals surface area contributed by atoms with Gasteiger partial charge in [-0.2, -0.15) is 0 Å². The van der Waals surface area contributed by atoms with Gasteiger partial charge in [-0.05, 0) is 37.0 Å². The van der Waals surface area contributed by atoms with Gasteiger partial charge in [0.1, 0.15) is 0 Å². The van der Waals surface area contributed by atoms with Gasteiger partial charge in [-0.15, -0.1) is 0 Å². The van der Waals surface area contributed by atoms with Crippen LogP contribution in [0.5, 0.6) is 0 Å². The highest BCUT2D eigenvalue weighted by Gasteiger charge is 2.25. The van der Waals surface area contributed by atoms with Crippen LogP contribution in [0.4, 0.5) is 5.69 Å². The van der Waals surface area contributed by atoms with Crippen molar-refractivity contribution in [2.45, 2.75) is 19.3 Å². The SMILES string of the molecule is O=C(CC1CC1)Nc1cc(Br)ccc1C(=O)O. The monoisotopic (exact) mass is 297 g/mol. The number of anilines is 1. The molecular weight excluding hydrogens is 286 g/mol. The van der Waals surface area contributed by atoms with Gasteiger partial charge in [0.05, 0.1) is 11.3 Å². The van der Waals surface area contributed by atoms with Gasteiger partial charge in [-0.25, -0.2) is 4.79 Å².